The molecule has 122 valence electrons. The smallest absolute Gasteiger partial charge is 0.255 e. The van der Waals surface area contributed by atoms with Crippen molar-refractivity contribution >= 4 is 39.0 Å². The van der Waals surface area contributed by atoms with E-state index in [1.807, 2.05) is 30.3 Å². The van der Waals surface area contributed by atoms with Crippen molar-refractivity contribution in [1.29, 1.82) is 0 Å². The Labute approximate surface area is 143 Å². The number of benzene rings is 2. The van der Waals surface area contributed by atoms with E-state index >= 15 is 0 Å². The second-order valence-corrected chi connectivity index (χ2v) is 6.34. The summed E-state index contributed by atoms with van der Waals surface area (Å²) in [6.07, 6.45) is 0. The van der Waals surface area contributed by atoms with Gasteiger partial charge < -0.3 is 15.0 Å². The number of rotatable bonds is 3. The fourth-order valence-electron chi connectivity index (χ4n) is 2.70. The maximum atomic E-state index is 12.4. The Morgan fingerprint density at radius 1 is 1.12 bits per heavy atom. The third-order valence-electron chi connectivity index (χ3n) is 4.01. The van der Waals surface area contributed by atoms with Crippen LogP contribution in [0.25, 0.3) is 10.2 Å². The van der Waals surface area contributed by atoms with Gasteiger partial charge in [0.15, 0.2) is 0 Å². The minimum Gasteiger partial charge on any atom is -0.378 e. The molecule has 1 fully saturated rings. The topological polar surface area (TPSA) is 67.4 Å². The van der Waals surface area contributed by atoms with Crippen LogP contribution < -0.4 is 10.2 Å². The Balaban J connectivity index is 1.46. The van der Waals surface area contributed by atoms with Gasteiger partial charge in [0.05, 0.1) is 17.9 Å². The predicted octanol–water partition coefficient (Wildman–Crippen LogP) is 2.78. The molecule has 0 atom stereocenters. The van der Waals surface area contributed by atoms with Crippen LogP contribution in [0.4, 0.5) is 11.4 Å². The number of aromatic nitrogens is 2. The number of carbonyl (C=O) groups excluding carboxylic acids is 1. The first-order valence-electron chi connectivity index (χ1n) is 7.76. The van der Waals surface area contributed by atoms with Gasteiger partial charge in [0.1, 0.15) is 5.52 Å². The second-order valence-electron chi connectivity index (χ2n) is 5.56. The summed E-state index contributed by atoms with van der Waals surface area (Å²) in [6, 6.07) is 13.3. The highest BCUT2D eigenvalue weighted by molar-refractivity contribution is 7.12. The van der Waals surface area contributed by atoms with Crippen LogP contribution in [0.15, 0.2) is 42.5 Å². The van der Waals surface area contributed by atoms with Gasteiger partial charge in [-0.3, -0.25) is 4.79 Å². The number of hydrogen-bond donors (Lipinski definition) is 1. The van der Waals surface area contributed by atoms with E-state index in [1.54, 1.807) is 12.1 Å². The van der Waals surface area contributed by atoms with Crippen LogP contribution >= 0.6 is 11.5 Å². The number of nitrogens with zero attached hydrogens (tertiary/aromatic N) is 3. The van der Waals surface area contributed by atoms with E-state index in [9.17, 15) is 4.79 Å². The van der Waals surface area contributed by atoms with Gasteiger partial charge in [-0.15, -0.1) is 5.10 Å². The maximum absolute atomic E-state index is 12.4. The fourth-order valence-corrected chi connectivity index (χ4v) is 3.24. The monoisotopic (exact) mass is 340 g/mol. The van der Waals surface area contributed by atoms with Gasteiger partial charge in [0.25, 0.3) is 5.91 Å². The largest absolute Gasteiger partial charge is 0.378 e. The molecule has 1 aliphatic rings. The van der Waals surface area contributed by atoms with E-state index in [-0.39, 0.29) is 5.91 Å². The number of ether oxygens (including phenoxy) is 1. The summed E-state index contributed by atoms with van der Waals surface area (Å²) in [5, 5.41) is 6.92. The molecule has 1 N–H and O–H groups in total. The first-order chi connectivity index (χ1) is 11.8. The minimum absolute atomic E-state index is 0.149. The summed E-state index contributed by atoms with van der Waals surface area (Å²) in [7, 11) is 0. The van der Waals surface area contributed by atoms with Gasteiger partial charge in [-0.25, -0.2) is 0 Å². The molecule has 0 saturated carbocycles. The molecule has 1 aromatic heterocycles. The van der Waals surface area contributed by atoms with Crippen LogP contribution in [-0.2, 0) is 4.74 Å². The summed E-state index contributed by atoms with van der Waals surface area (Å²) in [5.41, 5.74) is 3.24. The summed E-state index contributed by atoms with van der Waals surface area (Å²) in [4.78, 5) is 14.7. The van der Waals surface area contributed by atoms with Gasteiger partial charge in [-0.2, -0.15) is 0 Å². The van der Waals surface area contributed by atoms with Crippen molar-refractivity contribution in [3.63, 3.8) is 0 Å². The van der Waals surface area contributed by atoms with Crippen molar-refractivity contribution < 1.29 is 9.53 Å². The zero-order chi connectivity index (χ0) is 16.4. The van der Waals surface area contributed by atoms with Gasteiger partial charge in [-0.05, 0) is 54.0 Å². The van der Waals surface area contributed by atoms with Crippen LogP contribution in [0.1, 0.15) is 10.4 Å². The average molecular weight is 340 g/mol. The second kappa shape index (κ2) is 6.54. The molecule has 24 heavy (non-hydrogen) atoms. The molecule has 3 aromatic rings. The van der Waals surface area contributed by atoms with E-state index < -0.39 is 0 Å². The van der Waals surface area contributed by atoms with Gasteiger partial charge in [-0.1, -0.05) is 4.49 Å². The number of fused-ring (bicyclic) bond motifs is 1. The standard InChI is InChI=1S/C17H16N4O2S/c22-17(12-1-6-16-15(11-12)19-20-24-16)18-13-2-4-14(5-3-13)21-7-9-23-10-8-21/h1-6,11H,7-10H2,(H,18,22). The molecule has 0 radical (unpaired) electrons. The minimum atomic E-state index is -0.149. The SMILES string of the molecule is O=C(Nc1ccc(N2CCOCC2)cc1)c1ccc2snnc2c1. The number of hydrogen-bond acceptors (Lipinski definition) is 6. The van der Waals surface area contributed by atoms with Crippen molar-refractivity contribution in [3.8, 4) is 0 Å². The lowest BCUT2D eigenvalue weighted by Crippen LogP contribution is -2.36. The molecular formula is C17H16N4O2S. The number of morpholine rings is 1. The van der Waals surface area contributed by atoms with Crippen molar-refractivity contribution in [2.45, 2.75) is 0 Å². The summed E-state index contributed by atoms with van der Waals surface area (Å²) < 4.78 is 10.2. The maximum Gasteiger partial charge on any atom is 0.255 e. The first kappa shape index (κ1) is 15.0. The Morgan fingerprint density at radius 2 is 1.92 bits per heavy atom. The lowest BCUT2D eigenvalue weighted by molar-refractivity contribution is 0.102. The molecule has 2 heterocycles. The molecule has 7 heteroatoms. The number of amides is 1. The fraction of sp³-hybridized carbons (Fsp3) is 0.235. The van der Waals surface area contributed by atoms with Crippen LogP contribution in [0.3, 0.4) is 0 Å². The van der Waals surface area contributed by atoms with Crippen LogP contribution in [0.2, 0.25) is 0 Å². The molecule has 1 aliphatic heterocycles. The summed E-state index contributed by atoms with van der Waals surface area (Å²) in [5.74, 6) is -0.149. The zero-order valence-corrected chi connectivity index (χ0v) is 13.8. The average Bonchev–Trinajstić information content (AvgIpc) is 3.11. The molecule has 6 nitrogen and oxygen atoms in total. The van der Waals surface area contributed by atoms with E-state index in [4.69, 9.17) is 4.74 Å². The van der Waals surface area contributed by atoms with Gasteiger partial charge in [0, 0.05) is 30.0 Å². The molecule has 4 rings (SSSR count). The number of carbonyl (C=O) groups is 1. The predicted molar refractivity (Wildman–Crippen MR) is 94.8 cm³/mol. The van der Waals surface area contributed by atoms with Crippen LogP contribution in [0, 0.1) is 0 Å². The van der Waals surface area contributed by atoms with Crippen molar-refractivity contribution in [3.05, 3.63) is 48.0 Å². The number of anilines is 2. The highest BCUT2D eigenvalue weighted by Gasteiger charge is 2.12. The van der Waals surface area contributed by atoms with Crippen molar-refractivity contribution in [2.75, 3.05) is 36.5 Å². The van der Waals surface area contributed by atoms with E-state index in [1.165, 1.54) is 11.5 Å². The zero-order valence-electron chi connectivity index (χ0n) is 12.9. The number of nitrogens with one attached hydrogen (secondary N) is 1. The molecule has 1 saturated heterocycles. The molecule has 2 aromatic carbocycles. The van der Waals surface area contributed by atoms with E-state index in [2.05, 4.69) is 19.8 Å². The molecule has 0 aliphatic carbocycles. The third kappa shape index (κ3) is 3.08. The summed E-state index contributed by atoms with van der Waals surface area (Å²) >= 11 is 1.32. The highest BCUT2D eigenvalue weighted by atomic mass is 32.1. The van der Waals surface area contributed by atoms with Crippen LogP contribution in [0.5, 0.6) is 0 Å². The lowest BCUT2D eigenvalue weighted by Gasteiger charge is -2.28. The molecule has 0 unspecified atom stereocenters. The highest BCUT2D eigenvalue weighted by Crippen LogP contribution is 2.21. The normalized spacial score (nSPS) is 14.8. The lowest BCUT2D eigenvalue weighted by atomic mass is 10.2. The molecule has 0 spiro atoms. The first-order valence-corrected chi connectivity index (χ1v) is 8.53. The summed E-state index contributed by atoms with van der Waals surface area (Å²) in [6.45, 7) is 3.31. The molecule has 1 amide bonds. The van der Waals surface area contributed by atoms with E-state index in [0.717, 1.165) is 47.9 Å². The van der Waals surface area contributed by atoms with E-state index in [0.29, 0.717) is 5.56 Å². The molecule has 0 bridgehead atoms. The third-order valence-corrected chi connectivity index (χ3v) is 4.72. The molecular weight excluding hydrogens is 324 g/mol. The van der Waals surface area contributed by atoms with Gasteiger partial charge in [0.2, 0.25) is 0 Å². The van der Waals surface area contributed by atoms with Gasteiger partial charge >= 0.3 is 0 Å². The Hall–Kier alpha value is -2.51. The quantitative estimate of drug-likeness (QED) is 0.794. The van der Waals surface area contributed by atoms with Crippen molar-refractivity contribution in [2.24, 2.45) is 0 Å². The van der Waals surface area contributed by atoms with Crippen LogP contribution in [-0.4, -0.2) is 41.8 Å². The Morgan fingerprint density at radius 3 is 2.71 bits per heavy atom. The Bertz CT molecular complexity index is 856. The Kier molecular flexibility index (Phi) is 4.10. The van der Waals surface area contributed by atoms with Crippen molar-refractivity contribution in [1.82, 2.24) is 9.59 Å².